The van der Waals surface area contributed by atoms with Crippen LogP contribution >= 0.6 is 0 Å². The molecule has 0 saturated heterocycles. The van der Waals surface area contributed by atoms with E-state index in [1.807, 2.05) is 0 Å². The molecule has 0 bridgehead atoms. The Morgan fingerprint density at radius 3 is 2.47 bits per heavy atom. The van der Waals surface area contributed by atoms with Crippen molar-refractivity contribution in [3.05, 3.63) is 0 Å². The van der Waals surface area contributed by atoms with Crippen LogP contribution in [0, 0.1) is 5.92 Å². The zero-order chi connectivity index (χ0) is 13.5. The molecule has 0 radical (unpaired) electrons. The molecule has 0 aromatic rings. The van der Waals surface area contributed by atoms with E-state index in [9.17, 15) is 4.79 Å². The van der Waals surface area contributed by atoms with Crippen molar-refractivity contribution in [3.63, 3.8) is 0 Å². The van der Waals surface area contributed by atoms with E-state index in [0.29, 0.717) is 12.3 Å². The second-order valence-electron chi connectivity index (χ2n) is 5.23. The van der Waals surface area contributed by atoms with E-state index in [-0.39, 0.29) is 0 Å². The number of carbonyl (C=O) groups is 1. The Labute approximate surface area is 105 Å². The highest BCUT2D eigenvalue weighted by Gasteiger charge is 2.27. The average Bonchev–Trinajstić information content (AvgIpc) is 2.26. The SMILES string of the molecule is CCC(C)CN(CC)CCCC(C)(N)C(=O)O. The Hall–Kier alpha value is -0.610. The molecule has 0 heterocycles. The van der Waals surface area contributed by atoms with Gasteiger partial charge in [0.1, 0.15) is 5.54 Å². The molecule has 0 rings (SSSR count). The molecule has 4 heteroatoms. The highest BCUT2D eigenvalue weighted by atomic mass is 16.4. The maximum Gasteiger partial charge on any atom is 0.323 e. The second-order valence-corrected chi connectivity index (χ2v) is 5.23. The van der Waals surface area contributed by atoms with Crippen LogP contribution in [0.3, 0.4) is 0 Å². The summed E-state index contributed by atoms with van der Waals surface area (Å²) in [5, 5.41) is 8.91. The minimum atomic E-state index is -1.09. The Balaban J connectivity index is 3.96. The lowest BCUT2D eigenvalue weighted by Gasteiger charge is -2.25. The standard InChI is InChI=1S/C13H28N2O2/c1-5-11(3)10-15(6-2)9-7-8-13(4,14)12(16)17/h11H,5-10,14H2,1-4H3,(H,16,17). The van der Waals surface area contributed by atoms with Crippen molar-refractivity contribution in [1.29, 1.82) is 0 Å². The highest BCUT2D eigenvalue weighted by molar-refractivity contribution is 5.77. The number of hydrogen-bond donors (Lipinski definition) is 2. The summed E-state index contributed by atoms with van der Waals surface area (Å²) in [4.78, 5) is 13.2. The van der Waals surface area contributed by atoms with Crippen LogP contribution in [0.4, 0.5) is 0 Å². The fourth-order valence-corrected chi connectivity index (χ4v) is 1.73. The number of nitrogens with two attached hydrogens (primary N) is 1. The molecule has 2 unspecified atom stereocenters. The lowest BCUT2D eigenvalue weighted by molar-refractivity contribution is -0.142. The Kier molecular flexibility index (Phi) is 7.39. The molecule has 0 aliphatic carbocycles. The Morgan fingerprint density at radius 2 is 2.06 bits per heavy atom. The van der Waals surface area contributed by atoms with Crippen molar-refractivity contribution >= 4 is 5.97 Å². The summed E-state index contributed by atoms with van der Waals surface area (Å²) < 4.78 is 0. The molecule has 0 aliphatic heterocycles. The second kappa shape index (κ2) is 7.67. The van der Waals surface area contributed by atoms with Gasteiger partial charge in [-0.25, -0.2) is 0 Å². The molecule has 0 aromatic carbocycles. The number of carboxylic acids is 1. The van der Waals surface area contributed by atoms with Gasteiger partial charge in [-0.15, -0.1) is 0 Å². The van der Waals surface area contributed by atoms with Gasteiger partial charge in [-0.05, 0) is 38.8 Å². The lowest BCUT2D eigenvalue weighted by Crippen LogP contribution is -2.45. The van der Waals surface area contributed by atoms with E-state index in [1.54, 1.807) is 6.92 Å². The monoisotopic (exact) mass is 244 g/mol. The van der Waals surface area contributed by atoms with Gasteiger partial charge >= 0.3 is 5.97 Å². The van der Waals surface area contributed by atoms with Crippen LogP contribution in [-0.2, 0) is 4.79 Å². The quantitative estimate of drug-likeness (QED) is 0.650. The third kappa shape index (κ3) is 6.64. The maximum absolute atomic E-state index is 10.9. The summed E-state index contributed by atoms with van der Waals surface area (Å²) >= 11 is 0. The first-order valence-corrected chi connectivity index (χ1v) is 6.58. The van der Waals surface area contributed by atoms with E-state index in [4.69, 9.17) is 10.8 Å². The summed E-state index contributed by atoms with van der Waals surface area (Å²) in [5.74, 6) is -0.221. The molecular formula is C13H28N2O2. The summed E-state index contributed by atoms with van der Waals surface area (Å²) in [6.45, 7) is 11.2. The first kappa shape index (κ1) is 16.4. The molecule has 0 fully saturated rings. The van der Waals surface area contributed by atoms with Gasteiger partial charge in [-0.1, -0.05) is 27.2 Å². The number of aliphatic carboxylic acids is 1. The van der Waals surface area contributed by atoms with E-state index in [0.717, 1.165) is 26.1 Å². The Morgan fingerprint density at radius 1 is 1.47 bits per heavy atom. The fourth-order valence-electron chi connectivity index (χ4n) is 1.73. The van der Waals surface area contributed by atoms with Crippen molar-refractivity contribution in [2.75, 3.05) is 19.6 Å². The molecule has 3 N–H and O–H groups in total. The van der Waals surface area contributed by atoms with Crippen LogP contribution in [0.15, 0.2) is 0 Å². The van der Waals surface area contributed by atoms with Gasteiger partial charge in [0.05, 0.1) is 0 Å². The van der Waals surface area contributed by atoms with Crippen LogP contribution < -0.4 is 5.73 Å². The van der Waals surface area contributed by atoms with Gasteiger partial charge < -0.3 is 15.7 Å². The first-order valence-electron chi connectivity index (χ1n) is 6.58. The maximum atomic E-state index is 10.9. The van der Waals surface area contributed by atoms with Gasteiger partial charge in [-0.2, -0.15) is 0 Å². The number of carboxylic acid groups (broad SMARTS) is 1. The normalized spacial score (nSPS) is 16.8. The van der Waals surface area contributed by atoms with Gasteiger partial charge in [0, 0.05) is 6.54 Å². The molecule has 102 valence electrons. The number of nitrogens with zero attached hydrogens (tertiary/aromatic N) is 1. The summed E-state index contributed by atoms with van der Waals surface area (Å²) in [5.41, 5.74) is 4.61. The predicted octanol–water partition coefficient (Wildman–Crippen LogP) is 1.94. The molecule has 0 aliphatic rings. The largest absolute Gasteiger partial charge is 0.480 e. The van der Waals surface area contributed by atoms with Gasteiger partial charge in [0.2, 0.25) is 0 Å². The number of rotatable bonds is 9. The fraction of sp³-hybridized carbons (Fsp3) is 0.923. The first-order chi connectivity index (χ1) is 7.83. The minimum absolute atomic E-state index is 0.527. The molecule has 0 amide bonds. The third-order valence-electron chi connectivity index (χ3n) is 3.37. The van der Waals surface area contributed by atoms with Crippen LogP contribution in [0.25, 0.3) is 0 Å². The highest BCUT2D eigenvalue weighted by Crippen LogP contribution is 2.11. The van der Waals surface area contributed by atoms with Crippen molar-refractivity contribution in [1.82, 2.24) is 4.90 Å². The topological polar surface area (TPSA) is 66.6 Å². The van der Waals surface area contributed by atoms with E-state index in [1.165, 1.54) is 6.42 Å². The summed E-state index contributed by atoms with van der Waals surface area (Å²) in [7, 11) is 0. The van der Waals surface area contributed by atoms with E-state index >= 15 is 0 Å². The number of hydrogen-bond acceptors (Lipinski definition) is 3. The van der Waals surface area contributed by atoms with E-state index in [2.05, 4.69) is 25.7 Å². The zero-order valence-electron chi connectivity index (χ0n) is 11.7. The van der Waals surface area contributed by atoms with Gasteiger partial charge in [0.25, 0.3) is 0 Å². The van der Waals surface area contributed by atoms with E-state index < -0.39 is 11.5 Å². The molecular weight excluding hydrogens is 216 g/mol. The molecule has 2 atom stereocenters. The van der Waals surface area contributed by atoms with Crippen molar-refractivity contribution in [2.45, 2.75) is 52.5 Å². The Bertz CT molecular complexity index is 229. The van der Waals surface area contributed by atoms with Crippen LogP contribution in [0.2, 0.25) is 0 Å². The van der Waals surface area contributed by atoms with Crippen LogP contribution in [-0.4, -0.2) is 41.1 Å². The van der Waals surface area contributed by atoms with Crippen molar-refractivity contribution < 1.29 is 9.90 Å². The molecule has 0 spiro atoms. The minimum Gasteiger partial charge on any atom is -0.480 e. The van der Waals surface area contributed by atoms with Crippen LogP contribution in [0.5, 0.6) is 0 Å². The molecule has 17 heavy (non-hydrogen) atoms. The lowest BCUT2D eigenvalue weighted by atomic mass is 9.97. The van der Waals surface area contributed by atoms with Gasteiger partial charge in [0.15, 0.2) is 0 Å². The van der Waals surface area contributed by atoms with Gasteiger partial charge in [-0.3, -0.25) is 4.79 Å². The summed E-state index contributed by atoms with van der Waals surface area (Å²) in [6.07, 6.45) is 2.54. The van der Waals surface area contributed by atoms with Crippen molar-refractivity contribution in [2.24, 2.45) is 11.7 Å². The predicted molar refractivity (Wildman–Crippen MR) is 71.0 cm³/mol. The smallest absolute Gasteiger partial charge is 0.323 e. The molecule has 4 nitrogen and oxygen atoms in total. The third-order valence-corrected chi connectivity index (χ3v) is 3.37. The average molecular weight is 244 g/mol. The molecule has 0 saturated carbocycles. The summed E-state index contributed by atoms with van der Waals surface area (Å²) in [6, 6.07) is 0. The van der Waals surface area contributed by atoms with Crippen molar-refractivity contribution in [3.8, 4) is 0 Å². The molecule has 0 aromatic heterocycles. The van der Waals surface area contributed by atoms with Crippen LogP contribution in [0.1, 0.15) is 47.0 Å². The zero-order valence-corrected chi connectivity index (χ0v) is 11.7.